The van der Waals surface area contributed by atoms with Crippen molar-refractivity contribution in [2.24, 2.45) is 0 Å². The van der Waals surface area contributed by atoms with Crippen LogP contribution in [0.25, 0.3) is 0 Å². The molecule has 0 aliphatic heterocycles. The minimum Gasteiger partial charge on any atom is -0.345 e. The smallest absolute Gasteiger partial charge is 0.251 e. The van der Waals surface area contributed by atoms with Crippen molar-refractivity contribution in [3.8, 4) is 0 Å². The Labute approximate surface area is 113 Å². The van der Waals surface area contributed by atoms with Crippen LogP contribution in [0.5, 0.6) is 0 Å². The topological polar surface area (TPSA) is 46.2 Å². The Morgan fingerprint density at radius 3 is 2.72 bits per heavy atom. The number of amides is 1. The van der Waals surface area contributed by atoms with Gasteiger partial charge in [0.15, 0.2) is 5.78 Å². The predicted molar refractivity (Wildman–Crippen MR) is 72.4 cm³/mol. The van der Waals surface area contributed by atoms with Crippen LogP contribution in [0.3, 0.4) is 0 Å². The fourth-order valence-electron chi connectivity index (χ4n) is 1.42. The Balaban J connectivity index is 1.95. The molecule has 5 heteroatoms. The van der Waals surface area contributed by atoms with E-state index in [4.69, 9.17) is 11.6 Å². The van der Waals surface area contributed by atoms with Gasteiger partial charge in [-0.25, -0.2) is 0 Å². The highest BCUT2D eigenvalue weighted by atomic mass is 35.5. The summed E-state index contributed by atoms with van der Waals surface area (Å²) in [6, 6.07) is 8.33. The highest BCUT2D eigenvalue weighted by Crippen LogP contribution is 2.10. The van der Waals surface area contributed by atoms with Gasteiger partial charge in [-0.1, -0.05) is 17.7 Å². The molecule has 3 nitrogen and oxygen atoms in total. The molecule has 2 rings (SSSR count). The lowest BCUT2D eigenvalue weighted by Gasteiger charge is -2.04. The van der Waals surface area contributed by atoms with Crippen LogP contribution in [0.2, 0.25) is 5.02 Å². The summed E-state index contributed by atoms with van der Waals surface area (Å²) >= 11 is 7.24. The molecule has 92 valence electrons. The van der Waals surface area contributed by atoms with E-state index in [-0.39, 0.29) is 18.2 Å². The minimum atomic E-state index is -0.305. The first-order valence-electron chi connectivity index (χ1n) is 5.26. The second-order valence-corrected chi connectivity index (χ2v) is 4.84. The van der Waals surface area contributed by atoms with Crippen molar-refractivity contribution in [1.82, 2.24) is 5.32 Å². The summed E-state index contributed by atoms with van der Waals surface area (Å²) in [6.45, 7) is -0.0118. The van der Waals surface area contributed by atoms with Crippen molar-refractivity contribution in [3.63, 3.8) is 0 Å². The molecular weight excluding hydrogens is 270 g/mol. The van der Waals surface area contributed by atoms with Gasteiger partial charge >= 0.3 is 0 Å². The lowest BCUT2D eigenvalue weighted by atomic mass is 10.2. The van der Waals surface area contributed by atoms with E-state index in [0.717, 1.165) is 0 Å². The zero-order chi connectivity index (χ0) is 13.0. The number of nitrogens with one attached hydrogen (secondary N) is 1. The number of carbonyl (C=O) groups is 2. The van der Waals surface area contributed by atoms with E-state index in [1.165, 1.54) is 11.3 Å². The summed E-state index contributed by atoms with van der Waals surface area (Å²) in [5.41, 5.74) is 1.06. The van der Waals surface area contributed by atoms with Crippen molar-refractivity contribution < 1.29 is 9.59 Å². The average molecular weight is 280 g/mol. The van der Waals surface area contributed by atoms with Crippen molar-refractivity contribution in [2.45, 2.75) is 0 Å². The average Bonchev–Trinajstić information content (AvgIpc) is 2.89. The van der Waals surface area contributed by atoms with Gasteiger partial charge in [0.2, 0.25) is 0 Å². The van der Waals surface area contributed by atoms with Gasteiger partial charge in [-0.2, -0.15) is 11.3 Å². The standard InChI is InChI=1S/C13H10ClNO2S/c14-11-3-1-2-9(6-11)13(17)15-7-12(16)10-4-5-18-8-10/h1-6,8H,7H2,(H,15,17). The van der Waals surface area contributed by atoms with E-state index in [0.29, 0.717) is 16.1 Å². The lowest BCUT2D eigenvalue weighted by Crippen LogP contribution is -2.29. The van der Waals surface area contributed by atoms with E-state index in [1.54, 1.807) is 35.7 Å². The Hall–Kier alpha value is -1.65. The lowest BCUT2D eigenvalue weighted by molar-refractivity contribution is 0.0904. The third kappa shape index (κ3) is 3.18. The molecule has 0 unspecified atom stereocenters. The fraction of sp³-hybridized carbons (Fsp3) is 0.0769. The summed E-state index contributed by atoms with van der Waals surface area (Å²) in [4.78, 5) is 23.4. The first kappa shape index (κ1) is 12.8. The summed E-state index contributed by atoms with van der Waals surface area (Å²) in [7, 11) is 0. The SMILES string of the molecule is O=C(CNC(=O)c1cccc(Cl)c1)c1ccsc1. The van der Waals surface area contributed by atoms with E-state index in [9.17, 15) is 9.59 Å². The van der Waals surface area contributed by atoms with Crippen LogP contribution in [0, 0.1) is 0 Å². The first-order chi connectivity index (χ1) is 8.66. The zero-order valence-electron chi connectivity index (χ0n) is 9.35. The number of benzene rings is 1. The number of hydrogen-bond acceptors (Lipinski definition) is 3. The van der Waals surface area contributed by atoms with E-state index in [1.807, 2.05) is 5.38 Å². The molecule has 1 amide bonds. The number of Topliss-reactive ketones (excluding diaryl/α,β-unsaturated/α-hetero) is 1. The highest BCUT2D eigenvalue weighted by Gasteiger charge is 2.10. The van der Waals surface area contributed by atoms with Gasteiger partial charge in [0.25, 0.3) is 5.91 Å². The van der Waals surface area contributed by atoms with Crippen LogP contribution in [-0.4, -0.2) is 18.2 Å². The van der Waals surface area contributed by atoms with E-state index < -0.39 is 0 Å². The third-order valence-corrected chi connectivity index (χ3v) is 3.26. The molecule has 2 aromatic rings. The maximum Gasteiger partial charge on any atom is 0.251 e. The van der Waals surface area contributed by atoms with Gasteiger partial charge < -0.3 is 5.32 Å². The van der Waals surface area contributed by atoms with Crippen LogP contribution >= 0.6 is 22.9 Å². The molecule has 1 aromatic heterocycles. The Morgan fingerprint density at radius 1 is 1.22 bits per heavy atom. The maximum atomic E-state index is 11.8. The normalized spacial score (nSPS) is 10.1. The Kier molecular flexibility index (Phi) is 4.12. The first-order valence-corrected chi connectivity index (χ1v) is 6.58. The molecule has 1 heterocycles. The number of hydrogen-bond donors (Lipinski definition) is 1. The molecule has 0 aliphatic rings. The number of thiophene rings is 1. The molecule has 0 atom stereocenters. The van der Waals surface area contributed by atoms with Gasteiger partial charge in [-0.3, -0.25) is 9.59 Å². The third-order valence-electron chi connectivity index (χ3n) is 2.34. The summed E-state index contributed by atoms with van der Waals surface area (Å²) in [6.07, 6.45) is 0. The predicted octanol–water partition coefficient (Wildman–Crippen LogP) is 3.01. The van der Waals surface area contributed by atoms with Crippen LogP contribution < -0.4 is 5.32 Å². The zero-order valence-corrected chi connectivity index (χ0v) is 10.9. The monoisotopic (exact) mass is 279 g/mol. The second-order valence-electron chi connectivity index (χ2n) is 3.63. The Bertz CT molecular complexity index is 566. The highest BCUT2D eigenvalue weighted by molar-refractivity contribution is 7.08. The van der Waals surface area contributed by atoms with Gasteiger partial charge in [-0.05, 0) is 29.6 Å². The van der Waals surface area contributed by atoms with E-state index >= 15 is 0 Å². The quantitative estimate of drug-likeness (QED) is 0.875. The molecule has 0 fully saturated rings. The van der Waals surface area contributed by atoms with Crippen molar-refractivity contribution in [1.29, 1.82) is 0 Å². The molecule has 0 saturated carbocycles. The summed E-state index contributed by atoms with van der Waals surface area (Å²) in [5.74, 6) is -0.410. The van der Waals surface area contributed by atoms with Gasteiger partial charge in [-0.15, -0.1) is 0 Å². The molecular formula is C13H10ClNO2S. The molecule has 18 heavy (non-hydrogen) atoms. The largest absolute Gasteiger partial charge is 0.345 e. The van der Waals surface area contributed by atoms with Gasteiger partial charge in [0, 0.05) is 21.5 Å². The number of halogens is 1. The summed E-state index contributed by atoms with van der Waals surface area (Å²) < 4.78 is 0. The number of ketones is 1. The molecule has 0 aliphatic carbocycles. The van der Waals surface area contributed by atoms with Crippen LogP contribution in [0.15, 0.2) is 41.1 Å². The van der Waals surface area contributed by atoms with Crippen LogP contribution in [-0.2, 0) is 0 Å². The maximum absolute atomic E-state index is 11.8. The van der Waals surface area contributed by atoms with Crippen LogP contribution in [0.1, 0.15) is 20.7 Å². The molecule has 0 saturated heterocycles. The minimum absolute atomic E-state index is 0.0118. The molecule has 0 bridgehead atoms. The molecule has 1 N–H and O–H groups in total. The molecule has 0 spiro atoms. The second kappa shape index (κ2) is 5.80. The van der Waals surface area contributed by atoms with Crippen molar-refractivity contribution in [2.75, 3.05) is 6.54 Å². The fourth-order valence-corrected chi connectivity index (χ4v) is 2.27. The molecule has 0 radical (unpaired) electrons. The van der Waals surface area contributed by atoms with Crippen LogP contribution in [0.4, 0.5) is 0 Å². The van der Waals surface area contributed by atoms with Gasteiger partial charge in [0.1, 0.15) is 0 Å². The number of carbonyl (C=O) groups excluding carboxylic acids is 2. The van der Waals surface area contributed by atoms with Gasteiger partial charge in [0.05, 0.1) is 6.54 Å². The Morgan fingerprint density at radius 2 is 2.06 bits per heavy atom. The number of rotatable bonds is 4. The molecule has 1 aromatic carbocycles. The van der Waals surface area contributed by atoms with Crippen molar-refractivity contribution in [3.05, 3.63) is 57.2 Å². The van der Waals surface area contributed by atoms with Crippen molar-refractivity contribution >= 4 is 34.6 Å². The van der Waals surface area contributed by atoms with E-state index in [2.05, 4.69) is 5.32 Å². The summed E-state index contributed by atoms with van der Waals surface area (Å²) in [5, 5.41) is 6.65.